The van der Waals surface area contributed by atoms with Gasteiger partial charge in [-0.1, -0.05) is 32.6 Å². The van der Waals surface area contributed by atoms with E-state index in [1.807, 2.05) is 45.4 Å². The largest absolute Gasteiger partial charge is 0.443 e. The molecule has 0 amide bonds. The van der Waals surface area contributed by atoms with Crippen molar-refractivity contribution >= 4 is 36.2 Å². The molecule has 0 saturated heterocycles. The molecule has 3 heterocycles. The molecule has 0 aliphatic carbocycles. The van der Waals surface area contributed by atoms with Crippen molar-refractivity contribution in [3.63, 3.8) is 0 Å². The van der Waals surface area contributed by atoms with Crippen LogP contribution in [-0.2, 0) is 28.2 Å². The van der Waals surface area contributed by atoms with E-state index in [2.05, 4.69) is 55.9 Å². The summed E-state index contributed by atoms with van der Waals surface area (Å²) in [5.41, 5.74) is 4.28. The molecule has 4 rings (SSSR count). The SMILES string of the molecule is CCc1cc(C)c2c(ccn2C(=O)OC(C)(C)C)c1C(C)(NC)c1nc2cc(C#N)cnc2n1COCC[Si](C)(C)C. The maximum Gasteiger partial charge on any atom is 0.418 e. The third kappa shape index (κ3) is 6.14. The van der Waals surface area contributed by atoms with Crippen LogP contribution in [0.1, 0.15) is 62.7 Å². The highest BCUT2D eigenvalue weighted by Gasteiger charge is 2.38. The minimum atomic E-state index is -1.28. The Morgan fingerprint density at radius 3 is 2.50 bits per heavy atom. The molecule has 0 fully saturated rings. The van der Waals surface area contributed by atoms with Crippen molar-refractivity contribution in [3.05, 3.63) is 58.7 Å². The molecule has 1 atom stereocenters. The summed E-state index contributed by atoms with van der Waals surface area (Å²) in [7, 11) is 0.637. The van der Waals surface area contributed by atoms with Crippen molar-refractivity contribution in [2.75, 3.05) is 13.7 Å². The summed E-state index contributed by atoms with van der Waals surface area (Å²) in [6.45, 7) is 19.8. The van der Waals surface area contributed by atoms with Crippen LogP contribution in [0.4, 0.5) is 4.79 Å². The van der Waals surface area contributed by atoms with Gasteiger partial charge >= 0.3 is 6.09 Å². The van der Waals surface area contributed by atoms with E-state index in [9.17, 15) is 10.1 Å². The highest BCUT2D eigenvalue weighted by molar-refractivity contribution is 6.76. The molecule has 9 nitrogen and oxygen atoms in total. The molecule has 4 aromatic rings. The third-order valence-corrected chi connectivity index (χ3v) is 9.29. The summed E-state index contributed by atoms with van der Waals surface area (Å²) >= 11 is 0. The van der Waals surface area contributed by atoms with Gasteiger partial charge in [-0.05, 0) is 83.0 Å². The van der Waals surface area contributed by atoms with Gasteiger partial charge in [0.05, 0.1) is 11.1 Å². The Morgan fingerprint density at radius 1 is 1.19 bits per heavy atom. The lowest BCUT2D eigenvalue weighted by Crippen LogP contribution is -2.42. The van der Waals surface area contributed by atoms with Gasteiger partial charge in [-0.15, -0.1) is 0 Å². The van der Waals surface area contributed by atoms with E-state index in [1.165, 1.54) is 0 Å². The number of aromatic nitrogens is 4. The Kier molecular flexibility index (Phi) is 8.70. The Labute approximate surface area is 249 Å². The number of fused-ring (bicyclic) bond motifs is 2. The third-order valence-electron chi connectivity index (χ3n) is 7.59. The van der Waals surface area contributed by atoms with Crippen LogP contribution in [0.15, 0.2) is 30.6 Å². The van der Waals surface area contributed by atoms with Crippen LogP contribution < -0.4 is 5.32 Å². The number of nitrogens with one attached hydrogen (secondary N) is 1. The van der Waals surface area contributed by atoms with Crippen molar-refractivity contribution in [1.82, 2.24) is 24.4 Å². The summed E-state index contributed by atoms with van der Waals surface area (Å²) in [5, 5.41) is 14.1. The normalized spacial score (nSPS) is 13.8. The first-order valence-electron chi connectivity index (χ1n) is 14.5. The predicted octanol–water partition coefficient (Wildman–Crippen LogP) is 6.71. The van der Waals surface area contributed by atoms with Crippen molar-refractivity contribution in [2.45, 2.75) is 91.5 Å². The van der Waals surface area contributed by atoms with Crippen LogP contribution in [0.5, 0.6) is 0 Å². The number of nitriles is 1. The first-order valence-corrected chi connectivity index (χ1v) is 18.2. The van der Waals surface area contributed by atoms with Crippen LogP contribution in [-0.4, -0.2) is 52.5 Å². The van der Waals surface area contributed by atoms with Gasteiger partial charge in [0.1, 0.15) is 35.3 Å². The van der Waals surface area contributed by atoms with E-state index in [-0.39, 0.29) is 6.73 Å². The average Bonchev–Trinajstić information content (AvgIpc) is 3.51. The molecule has 0 bridgehead atoms. The van der Waals surface area contributed by atoms with Crippen molar-refractivity contribution in [1.29, 1.82) is 5.26 Å². The topological polar surface area (TPSA) is 107 Å². The number of pyridine rings is 1. The minimum Gasteiger partial charge on any atom is -0.443 e. The number of imidazole rings is 1. The molecule has 0 radical (unpaired) electrons. The molecule has 3 aromatic heterocycles. The molecule has 10 heteroatoms. The lowest BCUT2D eigenvalue weighted by atomic mass is 9.83. The fraction of sp³-hybridized carbons (Fsp3) is 0.500. The number of ether oxygens (including phenoxy) is 2. The first-order chi connectivity index (χ1) is 19.6. The Balaban J connectivity index is 1.95. The first kappa shape index (κ1) is 31.4. The lowest BCUT2D eigenvalue weighted by molar-refractivity contribution is 0.0544. The number of carbonyl (C=O) groups is 1. The van der Waals surface area contributed by atoms with Crippen LogP contribution in [0.3, 0.4) is 0 Å². The standard InChI is InChI=1S/C32H44N6O3Si/c1-11-23-16-21(2)27-24(12-13-37(27)30(39)41-31(3,4)5)26(23)32(6,34-7)29-36-25-17-22(18-33)19-35-28(25)38(29)20-40-14-15-42(8,9)10/h12-13,16-17,19,34H,11,14-15,20H2,1-10H3. The van der Waals surface area contributed by atoms with Crippen LogP contribution in [0, 0.1) is 18.3 Å². The minimum absolute atomic E-state index is 0.280. The average molecular weight is 589 g/mol. The monoisotopic (exact) mass is 588 g/mol. The van der Waals surface area contributed by atoms with Gasteiger partial charge in [0.15, 0.2) is 5.65 Å². The highest BCUT2D eigenvalue weighted by atomic mass is 28.3. The smallest absolute Gasteiger partial charge is 0.418 e. The maximum absolute atomic E-state index is 13.3. The second-order valence-corrected chi connectivity index (χ2v) is 18.9. The van der Waals surface area contributed by atoms with Gasteiger partial charge in [0, 0.05) is 32.5 Å². The van der Waals surface area contributed by atoms with E-state index in [0.717, 1.165) is 45.9 Å². The second-order valence-electron chi connectivity index (χ2n) is 13.3. The van der Waals surface area contributed by atoms with E-state index >= 15 is 0 Å². The van der Waals surface area contributed by atoms with E-state index in [1.54, 1.807) is 23.0 Å². The number of benzene rings is 1. The van der Waals surface area contributed by atoms with Gasteiger partial charge in [0.25, 0.3) is 0 Å². The molecule has 1 aromatic carbocycles. The van der Waals surface area contributed by atoms with Gasteiger partial charge in [-0.25, -0.2) is 14.8 Å². The van der Waals surface area contributed by atoms with Crippen LogP contribution in [0.25, 0.3) is 22.1 Å². The van der Waals surface area contributed by atoms with Gasteiger partial charge in [-0.2, -0.15) is 5.26 Å². The number of hydrogen-bond acceptors (Lipinski definition) is 7. The zero-order valence-corrected chi connectivity index (χ0v) is 27.7. The summed E-state index contributed by atoms with van der Waals surface area (Å²) in [6, 6.07) is 9.13. The highest BCUT2D eigenvalue weighted by Crippen LogP contribution is 2.39. The number of nitrogens with zero attached hydrogens (tertiary/aromatic N) is 5. The number of rotatable bonds is 9. The van der Waals surface area contributed by atoms with Crippen molar-refractivity contribution in [2.24, 2.45) is 0 Å². The van der Waals surface area contributed by atoms with Crippen LogP contribution in [0.2, 0.25) is 25.7 Å². The molecular formula is C32H44N6O3Si. The molecule has 1 N–H and O–H groups in total. The Morgan fingerprint density at radius 2 is 1.90 bits per heavy atom. The summed E-state index contributed by atoms with van der Waals surface area (Å²) in [4.78, 5) is 23.0. The molecule has 224 valence electrons. The molecule has 0 saturated carbocycles. The van der Waals surface area contributed by atoms with E-state index < -0.39 is 25.3 Å². The van der Waals surface area contributed by atoms with Crippen molar-refractivity contribution < 1.29 is 14.3 Å². The predicted molar refractivity (Wildman–Crippen MR) is 170 cm³/mol. The van der Waals surface area contributed by atoms with Gasteiger partial charge < -0.3 is 14.8 Å². The summed E-state index contributed by atoms with van der Waals surface area (Å²) < 4.78 is 15.6. The molecule has 0 spiro atoms. The number of aryl methyl sites for hydroxylation is 2. The summed E-state index contributed by atoms with van der Waals surface area (Å²) in [5.74, 6) is 0.723. The molecule has 0 aliphatic heterocycles. The molecule has 42 heavy (non-hydrogen) atoms. The molecule has 1 unspecified atom stereocenters. The molecular weight excluding hydrogens is 544 g/mol. The Bertz CT molecular complexity index is 1670. The zero-order valence-electron chi connectivity index (χ0n) is 26.7. The van der Waals surface area contributed by atoms with Crippen molar-refractivity contribution in [3.8, 4) is 6.07 Å². The quantitative estimate of drug-likeness (QED) is 0.171. The Hall–Kier alpha value is -3.52. The molecule has 0 aliphatic rings. The fourth-order valence-electron chi connectivity index (χ4n) is 5.40. The van der Waals surface area contributed by atoms with Gasteiger partial charge in [-0.3, -0.25) is 9.13 Å². The van der Waals surface area contributed by atoms with E-state index in [4.69, 9.17) is 14.5 Å². The lowest BCUT2D eigenvalue weighted by Gasteiger charge is -2.33. The maximum atomic E-state index is 13.3. The number of carbonyl (C=O) groups excluding carboxylic acids is 1. The number of hydrogen-bond donors (Lipinski definition) is 1. The van der Waals surface area contributed by atoms with E-state index in [0.29, 0.717) is 23.3 Å². The van der Waals surface area contributed by atoms with Crippen LogP contribution >= 0.6 is 0 Å². The summed E-state index contributed by atoms with van der Waals surface area (Å²) in [6.07, 6.45) is 3.72. The zero-order chi connectivity index (χ0) is 31.0. The van der Waals surface area contributed by atoms with Gasteiger partial charge in [0.2, 0.25) is 0 Å². The fourth-order valence-corrected chi connectivity index (χ4v) is 6.16. The second kappa shape index (κ2) is 11.6.